The van der Waals surface area contributed by atoms with E-state index in [9.17, 15) is 8.42 Å². The van der Waals surface area contributed by atoms with Crippen molar-refractivity contribution in [2.24, 2.45) is 0 Å². The summed E-state index contributed by atoms with van der Waals surface area (Å²) >= 11 is 5.71. The number of hydrogen-bond acceptors (Lipinski definition) is 6. The summed E-state index contributed by atoms with van der Waals surface area (Å²) in [4.78, 5) is 0.163. The first kappa shape index (κ1) is 14.8. The number of hydrogen-bond donors (Lipinski definition) is 2. The van der Waals surface area contributed by atoms with Crippen LogP contribution >= 0.6 is 11.6 Å². The molecule has 2 aromatic rings. The van der Waals surface area contributed by atoms with Crippen molar-refractivity contribution in [1.29, 1.82) is 0 Å². The summed E-state index contributed by atoms with van der Waals surface area (Å²) in [5.41, 5.74) is 0. The first-order chi connectivity index (χ1) is 9.47. The van der Waals surface area contributed by atoms with Crippen LogP contribution in [-0.4, -0.2) is 31.7 Å². The predicted octanol–water partition coefficient (Wildman–Crippen LogP) is 1.42. The fourth-order valence-electron chi connectivity index (χ4n) is 1.42. The van der Waals surface area contributed by atoms with Crippen molar-refractivity contribution in [2.75, 3.05) is 18.4 Å². The van der Waals surface area contributed by atoms with Gasteiger partial charge in [0, 0.05) is 25.0 Å². The van der Waals surface area contributed by atoms with E-state index in [1.807, 2.05) is 0 Å². The molecule has 0 saturated heterocycles. The molecule has 1 aromatic heterocycles. The summed E-state index contributed by atoms with van der Waals surface area (Å²) in [6.07, 6.45) is 0. The quantitative estimate of drug-likeness (QED) is 0.782. The van der Waals surface area contributed by atoms with Gasteiger partial charge in [0.15, 0.2) is 0 Å². The summed E-state index contributed by atoms with van der Waals surface area (Å²) in [5.74, 6) is 0.439. The minimum Gasteiger partial charge on any atom is -0.408 e. The van der Waals surface area contributed by atoms with E-state index in [1.165, 1.54) is 24.3 Å². The molecule has 1 aromatic carbocycles. The van der Waals surface area contributed by atoms with Crippen molar-refractivity contribution < 1.29 is 12.8 Å². The normalized spacial score (nSPS) is 11.5. The summed E-state index contributed by atoms with van der Waals surface area (Å²) < 4.78 is 31.4. The van der Waals surface area contributed by atoms with E-state index in [1.54, 1.807) is 6.92 Å². The molecule has 20 heavy (non-hydrogen) atoms. The lowest BCUT2D eigenvalue weighted by atomic mass is 10.4. The maximum atomic E-state index is 11.9. The molecule has 0 radical (unpaired) electrons. The lowest BCUT2D eigenvalue weighted by molar-refractivity contribution is 0.530. The molecular formula is C11H13ClN4O3S. The van der Waals surface area contributed by atoms with Gasteiger partial charge in [-0.3, -0.25) is 0 Å². The third-order valence-electron chi connectivity index (χ3n) is 2.34. The number of nitrogens with one attached hydrogen (secondary N) is 2. The number of rotatable bonds is 6. The minimum atomic E-state index is -3.54. The zero-order chi connectivity index (χ0) is 14.6. The highest BCUT2D eigenvalue weighted by Gasteiger charge is 2.12. The van der Waals surface area contributed by atoms with Crippen molar-refractivity contribution in [1.82, 2.24) is 14.9 Å². The Bertz CT molecular complexity index is 669. The van der Waals surface area contributed by atoms with Gasteiger partial charge in [0.2, 0.25) is 15.9 Å². The average molecular weight is 317 g/mol. The van der Waals surface area contributed by atoms with Crippen LogP contribution < -0.4 is 10.0 Å². The van der Waals surface area contributed by atoms with Gasteiger partial charge in [-0.2, -0.15) is 0 Å². The molecule has 108 valence electrons. The van der Waals surface area contributed by atoms with Gasteiger partial charge in [0.1, 0.15) is 0 Å². The second-order valence-corrected chi connectivity index (χ2v) is 6.11. The van der Waals surface area contributed by atoms with Gasteiger partial charge in [-0.25, -0.2) is 13.1 Å². The number of aryl methyl sites for hydroxylation is 1. The molecule has 2 N–H and O–H groups in total. The van der Waals surface area contributed by atoms with Crippen LogP contribution in [0, 0.1) is 6.92 Å². The fourth-order valence-corrected chi connectivity index (χ4v) is 2.58. The molecule has 7 nitrogen and oxygen atoms in total. The van der Waals surface area contributed by atoms with Crippen LogP contribution in [0.15, 0.2) is 33.6 Å². The standard InChI is InChI=1S/C11H13ClN4O3S/c1-8-15-16-11(19-8)13-6-7-14-20(17,18)10-4-2-9(12)3-5-10/h2-5,14H,6-7H2,1H3,(H,13,16). The zero-order valence-electron chi connectivity index (χ0n) is 10.6. The fraction of sp³-hybridized carbons (Fsp3) is 0.273. The number of nitrogens with zero attached hydrogens (tertiary/aromatic N) is 2. The third kappa shape index (κ3) is 3.92. The van der Waals surface area contributed by atoms with E-state index in [2.05, 4.69) is 20.2 Å². The van der Waals surface area contributed by atoms with Crippen LogP contribution in [-0.2, 0) is 10.0 Å². The third-order valence-corrected chi connectivity index (χ3v) is 4.07. The highest BCUT2D eigenvalue weighted by Crippen LogP contribution is 2.13. The van der Waals surface area contributed by atoms with E-state index in [-0.39, 0.29) is 17.5 Å². The van der Waals surface area contributed by atoms with Crippen molar-refractivity contribution >= 4 is 27.6 Å². The molecular weight excluding hydrogens is 304 g/mol. The van der Waals surface area contributed by atoms with Crippen LogP contribution in [0.1, 0.15) is 5.89 Å². The van der Waals surface area contributed by atoms with E-state index in [0.717, 1.165) is 0 Å². The maximum Gasteiger partial charge on any atom is 0.315 e. The Kier molecular flexibility index (Phi) is 4.58. The highest BCUT2D eigenvalue weighted by atomic mass is 35.5. The van der Waals surface area contributed by atoms with Crippen LogP contribution in [0.2, 0.25) is 5.02 Å². The van der Waals surface area contributed by atoms with Crippen LogP contribution in [0.3, 0.4) is 0 Å². The monoisotopic (exact) mass is 316 g/mol. The Morgan fingerprint density at radius 3 is 2.50 bits per heavy atom. The first-order valence-corrected chi connectivity index (χ1v) is 7.63. The number of anilines is 1. The molecule has 9 heteroatoms. The lowest BCUT2D eigenvalue weighted by Crippen LogP contribution is -2.28. The lowest BCUT2D eigenvalue weighted by Gasteiger charge is -2.06. The second kappa shape index (κ2) is 6.21. The smallest absolute Gasteiger partial charge is 0.315 e. The van der Waals surface area contributed by atoms with Gasteiger partial charge in [0.05, 0.1) is 4.90 Å². The molecule has 0 aliphatic rings. The van der Waals surface area contributed by atoms with Crippen molar-refractivity contribution in [3.63, 3.8) is 0 Å². The van der Waals surface area contributed by atoms with E-state index < -0.39 is 10.0 Å². The van der Waals surface area contributed by atoms with Gasteiger partial charge in [-0.05, 0) is 24.3 Å². The molecule has 2 rings (SSSR count). The van der Waals surface area contributed by atoms with E-state index >= 15 is 0 Å². The Hall–Kier alpha value is -1.64. The second-order valence-electron chi connectivity index (χ2n) is 3.90. The molecule has 0 spiro atoms. The zero-order valence-corrected chi connectivity index (χ0v) is 12.2. The minimum absolute atomic E-state index is 0.163. The number of aromatic nitrogens is 2. The van der Waals surface area contributed by atoms with Gasteiger partial charge >= 0.3 is 6.01 Å². The van der Waals surface area contributed by atoms with Gasteiger partial charge in [0.25, 0.3) is 0 Å². The summed E-state index contributed by atoms with van der Waals surface area (Å²) in [5, 5.41) is 10.7. The Morgan fingerprint density at radius 2 is 1.90 bits per heavy atom. The number of halogens is 1. The topological polar surface area (TPSA) is 97.1 Å². The first-order valence-electron chi connectivity index (χ1n) is 5.76. The van der Waals surface area contributed by atoms with Crippen molar-refractivity contribution in [3.8, 4) is 0 Å². The Balaban J connectivity index is 1.85. The highest BCUT2D eigenvalue weighted by molar-refractivity contribution is 7.89. The van der Waals surface area contributed by atoms with Crippen molar-refractivity contribution in [2.45, 2.75) is 11.8 Å². The SMILES string of the molecule is Cc1nnc(NCCNS(=O)(=O)c2ccc(Cl)cc2)o1. The molecule has 1 heterocycles. The van der Waals surface area contributed by atoms with Gasteiger partial charge < -0.3 is 9.73 Å². The summed E-state index contributed by atoms with van der Waals surface area (Å²) in [7, 11) is -3.54. The predicted molar refractivity (Wildman–Crippen MR) is 74.2 cm³/mol. The summed E-state index contributed by atoms with van der Waals surface area (Å²) in [6.45, 7) is 2.18. The molecule has 0 amide bonds. The summed E-state index contributed by atoms with van der Waals surface area (Å²) in [6, 6.07) is 6.19. The molecule has 0 bridgehead atoms. The van der Waals surface area contributed by atoms with Crippen LogP contribution in [0.25, 0.3) is 0 Å². The molecule has 0 atom stereocenters. The Labute approximate surface area is 121 Å². The van der Waals surface area contributed by atoms with Crippen molar-refractivity contribution in [3.05, 3.63) is 35.2 Å². The van der Waals surface area contributed by atoms with E-state index in [4.69, 9.17) is 16.0 Å². The maximum absolute atomic E-state index is 11.9. The number of benzene rings is 1. The Morgan fingerprint density at radius 1 is 1.20 bits per heavy atom. The molecule has 0 aliphatic heterocycles. The molecule has 0 unspecified atom stereocenters. The molecule has 0 fully saturated rings. The van der Waals surface area contributed by atoms with E-state index in [0.29, 0.717) is 17.5 Å². The largest absolute Gasteiger partial charge is 0.408 e. The van der Waals surface area contributed by atoms with Gasteiger partial charge in [-0.15, -0.1) is 5.10 Å². The van der Waals surface area contributed by atoms with Gasteiger partial charge in [-0.1, -0.05) is 16.7 Å². The number of sulfonamides is 1. The molecule has 0 aliphatic carbocycles. The molecule has 0 saturated carbocycles. The average Bonchev–Trinajstić information content (AvgIpc) is 2.81. The van der Waals surface area contributed by atoms with Crippen LogP contribution in [0.5, 0.6) is 0 Å². The van der Waals surface area contributed by atoms with Crippen LogP contribution in [0.4, 0.5) is 6.01 Å².